The van der Waals surface area contributed by atoms with Crippen molar-refractivity contribution in [2.75, 3.05) is 0 Å². The SMILES string of the molecule is C=CC(C)(C)c1[nH]c2ccccc2c1C1=C(Cl)C(=O)C(Br)=C(Cl)C1=O. The van der Waals surface area contributed by atoms with Gasteiger partial charge in [0, 0.05) is 27.6 Å². The largest absolute Gasteiger partial charge is 0.357 e. The van der Waals surface area contributed by atoms with Crippen molar-refractivity contribution in [2.45, 2.75) is 19.3 Å². The summed E-state index contributed by atoms with van der Waals surface area (Å²) < 4.78 is -0.0164. The molecule has 3 rings (SSSR count). The van der Waals surface area contributed by atoms with Gasteiger partial charge in [0.15, 0.2) is 0 Å². The first kappa shape index (κ1) is 18.2. The maximum absolute atomic E-state index is 12.8. The van der Waals surface area contributed by atoms with E-state index in [1.54, 1.807) is 6.08 Å². The van der Waals surface area contributed by atoms with Gasteiger partial charge in [-0.25, -0.2) is 0 Å². The zero-order chi connectivity index (χ0) is 18.5. The fourth-order valence-electron chi connectivity index (χ4n) is 2.83. The van der Waals surface area contributed by atoms with Crippen molar-refractivity contribution >= 4 is 67.2 Å². The highest BCUT2D eigenvalue weighted by Crippen LogP contribution is 2.43. The Labute approximate surface area is 163 Å². The standard InChI is InChI=1S/C19H14BrCl2NO2/c1-4-19(2,3)18-11(9-7-5-6-8-10(9)23-18)12-14(21)17(25)13(20)15(22)16(12)24/h4-8,23H,1H2,2-3H3. The second-order valence-electron chi connectivity index (χ2n) is 6.32. The molecule has 0 saturated carbocycles. The summed E-state index contributed by atoms with van der Waals surface area (Å²) >= 11 is 15.4. The summed E-state index contributed by atoms with van der Waals surface area (Å²) in [7, 11) is 0. The number of carbonyl (C=O) groups is 2. The maximum Gasteiger partial charge on any atom is 0.213 e. The number of benzene rings is 1. The van der Waals surface area contributed by atoms with Crippen LogP contribution in [-0.2, 0) is 15.0 Å². The van der Waals surface area contributed by atoms with Crippen LogP contribution in [0, 0.1) is 0 Å². The fraction of sp³-hybridized carbons (Fsp3) is 0.158. The van der Waals surface area contributed by atoms with E-state index in [2.05, 4.69) is 27.5 Å². The van der Waals surface area contributed by atoms with Gasteiger partial charge in [-0.1, -0.05) is 61.3 Å². The minimum Gasteiger partial charge on any atom is -0.357 e. The van der Waals surface area contributed by atoms with Crippen molar-refractivity contribution in [1.29, 1.82) is 0 Å². The normalized spacial score (nSPS) is 16.2. The number of halogens is 3. The Morgan fingerprint density at radius 1 is 1.12 bits per heavy atom. The van der Waals surface area contributed by atoms with E-state index >= 15 is 0 Å². The molecule has 0 unspecified atom stereocenters. The second kappa shape index (κ2) is 6.27. The van der Waals surface area contributed by atoms with Crippen molar-refractivity contribution in [3.8, 4) is 0 Å². The third-order valence-electron chi connectivity index (χ3n) is 4.35. The number of ketones is 2. The first-order chi connectivity index (χ1) is 11.7. The van der Waals surface area contributed by atoms with Crippen LogP contribution in [0.3, 0.4) is 0 Å². The summed E-state index contributed by atoms with van der Waals surface area (Å²) in [5, 5.41) is 0.480. The summed E-state index contributed by atoms with van der Waals surface area (Å²) in [6.45, 7) is 7.81. The molecule has 0 atom stereocenters. The van der Waals surface area contributed by atoms with E-state index < -0.39 is 17.0 Å². The van der Waals surface area contributed by atoms with Gasteiger partial charge in [-0.05, 0) is 22.0 Å². The number of aromatic nitrogens is 1. The number of nitrogens with one attached hydrogen (secondary N) is 1. The molecule has 1 aliphatic carbocycles. The average molecular weight is 439 g/mol. The monoisotopic (exact) mass is 437 g/mol. The lowest BCUT2D eigenvalue weighted by molar-refractivity contribution is -0.113. The van der Waals surface area contributed by atoms with E-state index in [1.807, 2.05) is 38.1 Å². The van der Waals surface area contributed by atoms with Crippen molar-refractivity contribution in [2.24, 2.45) is 0 Å². The highest BCUT2D eigenvalue weighted by atomic mass is 79.9. The molecular weight excluding hydrogens is 425 g/mol. The molecule has 0 spiro atoms. The quantitative estimate of drug-likeness (QED) is 0.502. The molecule has 0 amide bonds. The molecule has 3 nitrogen and oxygen atoms in total. The molecule has 0 fully saturated rings. The van der Waals surface area contributed by atoms with Crippen LogP contribution in [0.2, 0.25) is 0 Å². The smallest absolute Gasteiger partial charge is 0.213 e. The highest BCUT2D eigenvalue weighted by molar-refractivity contribution is 9.12. The molecular formula is C19H14BrCl2NO2. The van der Waals surface area contributed by atoms with Crippen LogP contribution < -0.4 is 0 Å². The molecule has 6 heteroatoms. The van der Waals surface area contributed by atoms with Gasteiger partial charge >= 0.3 is 0 Å². The van der Waals surface area contributed by atoms with Gasteiger partial charge in [0.1, 0.15) is 10.1 Å². The zero-order valence-corrected chi connectivity index (χ0v) is 16.6. The van der Waals surface area contributed by atoms with Crippen LogP contribution in [0.25, 0.3) is 16.5 Å². The number of fused-ring (bicyclic) bond motifs is 1. The first-order valence-corrected chi connectivity index (χ1v) is 9.05. The molecule has 1 aliphatic rings. The van der Waals surface area contributed by atoms with Crippen LogP contribution >= 0.6 is 39.1 Å². The van der Waals surface area contributed by atoms with E-state index in [4.69, 9.17) is 23.2 Å². The van der Waals surface area contributed by atoms with E-state index in [9.17, 15) is 9.59 Å². The second-order valence-corrected chi connectivity index (χ2v) is 7.87. The molecule has 1 heterocycles. The topological polar surface area (TPSA) is 49.9 Å². The number of aromatic amines is 1. The van der Waals surface area contributed by atoms with E-state index in [0.717, 1.165) is 16.6 Å². The van der Waals surface area contributed by atoms with Gasteiger partial charge in [0.05, 0.1) is 10.1 Å². The van der Waals surface area contributed by atoms with Gasteiger partial charge in [0.2, 0.25) is 11.6 Å². The van der Waals surface area contributed by atoms with Crippen molar-refractivity contribution in [3.05, 3.63) is 62.7 Å². The predicted octanol–water partition coefficient (Wildman–Crippen LogP) is 5.58. The fourth-order valence-corrected chi connectivity index (χ4v) is 3.78. The summed E-state index contributed by atoms with van der Waals surface area (Å²) in [4.78, 5) is 28.6. The molecule has 1 aromatic carbocycles. The Balaban J connectivity index is 2.43. The maximum atomic E-state index is 12.8. The van der Waals surface area contributed by atoms with Gasteiger partial charge < -0.3 is 4.98 Å². The number of hydrogen-bond acceptors (Lipinski definition) is 2. The number of Topliss-reactive ketones (excluding diaryl/α,β-unsaturated/α-hetero) is 2. The van der Waals surface area contributed by atoms with Crippen LogP contribution in [0.5, 0.6) is 0 Å². The van der Waals surface area contributed by atoms with Crippen molar-refractivity contribution in [3.63, 3.8) is 0 Å². The van der Waals surface area contributed by atoms with Gasteiger partial charge in [-0.3, -0.25) is 9.59 Å². The molecule has 25 heavy (non-hydrogen) atoms. The Morgan fingerprint density at radius 2 is 1.76 bits per heavy atom. The van der Waals surface area contributed by atoms with Crippen LogP contribution in [0.4, 0.5) is 0 Å². The van der Waals surface area contributed by atoms with Gasteiger partial charge in [-0.2, -0.15) is 0 Å². The molecule has 128 valence electrons. The van der Waals surface area contributed by atoms with Crippen molar-refractivity contribution in [1.82, 2.24) is 4.98 Å². The molecule has 0 aliphatic heterocycles. The Morgan fingerprint density at radius 3 is 2.40 bits per heavy atom. The number of allylic oxidation sites excluding steroid dienone is 5. The minimum absolute atomic E-state index is 0.0164. The summed E-state index contributed by atoms with van der Waals surface area (Å²) in [6, 6.07) is 7.53. The minimum atomic E-state index is -0.506. The molecule has 1 aromatic heterocycles. The Kier molecular flexibility index (Phi) is 4.56. The van der Waals surface area contributed by atoms with Gasteiger partial charge in [0.25, 0.3) is 0 Å². The lowest BCUT2D eigenvalue weighted by atomic mass is 9.82. The highest BCUT2D eigenvalue weighted by Gasteiger charge is 2.37. The molecule has 0 radical (unpaired) electrons. The number of H-pyrrole nitrogens is 1. The van der Waals surface area contributed by atoms with Crippen LogP contribution in [0.1, 0.15) is 25.1 Å². The molecule has 1 N–H and O–H groups in total. The average Bonchev–Trinajstić information content (AvgIpc) is 2.99. The number of carbonyl (C=O) groups excluding carboxylic acids is 2. The van der Waals surface area contributed by atoms with E-state index in [-0.39, 0.29) is 20.1 Å². The third-order valence-corrected chi connectivity index (χ3v) is 6.05. The predicted molar refractivity (Wildman–Crippen MR) is 106 cm³/mol. The van der Waals surface area contributed by atoms with Crippen LogP contribution in [0.15, 0.2) is 51.5 Å². The van der Waals surface area contributed by atoms with Crippen LogP contribution in [-0.4, -0.2) is 16.6 Å². The molecule has 0 bridgehead atoms. The summed E-state index contributed by atoms with van der Waals surface area (Å²) in [5.74, 6) is -0.988. The Hall–Kier alpha value is -1.62. The van der Waals surface area contributed by atoms with Crippen molar-refractivity contribution < 1.29 is 9.59 Å². The molecule has 0 saturated heterocycles. The van der Waals surface area contributed by atoms with Gasteiger partial charge in [-0.15, -0.1) is 6.58 Å². The number of hydrogen-bond donors (Lipinski definition) is 1. The number of rotatable bonds is 3. The van der Waals surface area contributed by atoms with E-state index in [0.29, 0.717) is 5.56 Å². The van der Waals surface area contributed by atoms with E-state index in [1.165, 1.54) is 0 Å². The number of para-hydroxylation sites is 1. The molecule has 2 aromatic rings. The summed E-state index contributed by atoms with van der Waals surface area (Å²) in [5.41, 5.74) is 1.81. The first-order valence-electron chi connectivity index (χ1n) is 7.50. The lowest BCUT2D eigenvalue weighted by Crippen LogP contribution is -2.21. The lowest BCUT2D eigenvalue weighted by Gasteiger charge is -2.23. The third kappa shape index (κ3) is 2.73. The zero-order valence-electron chi connectivity index (χ0n) is 13.5. The Bertz CT molecular complexity index is 1010. The summed E-state index contributed by atoms with van der Waals surface area (Å²) in [6.07, 6.45) is 1.78.